The van der Waals surface area contributed by atoms with Crippen molar-refractivity contribution >= 4 is 0 Å². The fourth-order valence-electron chi connectivity index (χ4n) is 1.12. The molecule has 0 spiro atoms. The second kappa shape index (κ2) is 4.66. The fourth-order valence-corrected chi connectivity index (χ4v) is 1.12. The third kappa shape index (κ3) is 2.90. The van der Waals surface area contributed by atoms with Crippen LogP contribution in [0.15, 0.2) is 30.3 Å². The zero-order valence-electron chi connectivity index (χ0n) is 7.35. The summed E-state index contributed by atoms with van der Waals surface area (Å²) < 4.78 is 0. The third-order valence-electron chi connectivity index (χ3n) is 1.89. The zero-order valence-corrected chi connectivity index (χ0v) is 7.35. The molecule has 2 nitrogen and oxygen atoms in total. The second-order valence-electron chi connectivity index (χ2n) is 2.97. The number of aliphatic hydroxyl groups excluding tert-OH is 1. The molecule has 3 N–H and O–H groups in total. The summed E-state index contributed by atoms with van der Waals surface area (Å²) in [5.41, 5.74) is 6.75. The first-order chi connectivity index (χ1) is 6.24. The smallest absolute Gasteiger partial charge is 0.129 e. The van der Waals surface area contributed by atoms with Crippen LogP contribution in [0, 0.1) is 12.3 Å². The van der Waals surface area contributed by atoms with Gasteiger partial charge < -0.3 is 10.8 Å². The van der Waals surface area contributed by atoms with Gasteiger partial charge in [-0.25, -0.2) is 0 Å². The van der Waals surface area contributed by atoms with Crippen molar-refractivity contribution in [2.75, 3.05) is 0 Å². The number of aliphatic hydroxyl groups is 1. The molecular formula is C11H13NO. The van der Waals surface area contributed by atoms with Gasteiger partial charge in [0.25, 0.3) is 0 Å². The highest BCUT2D eigenvalue weighted by molar-refractivity contribution is 5.17. The average molecular weight is 175 g/mol. The molecule has 68 valence electrons. The first-order valence-electron chi connectivity index (χ1n) is 4.17. The summed E-state index contributed by atoms with van der Waals surface area (Å²) >= 11 is 0. The standard InChI is InChI=1S/C11H13NO/c1-2-11(13)10(12)8-9-6-4-3-5-7-9/h1,3-7,10-11,13H,8,12H2/t10-,11-/m0/s1. The van der Waals surface area contributed by atoms with Gasteiger partial charge >= 0.3 is 0 Å². The minimum absolute atomic E-state index is 0.382. The summed E-state index contributed by atoms with van der Waals surface area (Å²) in [7, 11) is 0. The number of nitrogens with two attached hydrogens (primary N) is 1. The average Bonchev–Trinajstić information content (AvgIpc) is 2.18. The molecule has 1 aromatic rings. The Morgan fingerprint density at radius 2 is 2.00 bits per heavy atom. The van der Waals surface area contributed by atoms with Crippen LogP contribution in [-0.4, -0.2) is 17.3 Å². The Morgan fingerprint density at radius 1 is 1.38 bits per heavy atom. The predicted molar refractivity (Wildman–Crippen MR) is 53.0 cm³/mol. The molecule has 0 aliphatic rings. The van der Waals surface area contributed by atoms with E-state index in [0.29, 0.717) is 6.42 Å². The van der Waals surface area contributed by atoms with Crippen LogP contribution in [0.2, 0.25) is 0 Å². The molecule has 0 aromatic heterocycles. The molecule has 0 saturated carbocycles. The van der Waals surface area contributed by atoms with Gasteiger partial charge in [-0.1, -0.05) is 36.3 Å². The van der Waals surface area contributed by atoms with Crippen molar-refractivity contribution < 1.29 is 5.11 Å². The van der Waals surface area contributed by atoms with E-state index in [-0.39, 0.29) is 6.04 Å². The Hall–Kier alpha value is -1.30. The molecule has 0 heterocycles. The molecule has 0 bridgehead atoms. The van der Waals surface area contributed by atoms with E-state index in [2.05, 4.69) is 5.92 Å². The maximum absolute atomic E-state index is 9.23. The summed E-state index contributed by atoms with van der Waals surface area (Å²) in [5.74, 6) is 2.22. The first kappa shape index (κ1) is 9.79. The number of hydrogen-bond donors (Lipinski definition) is 2. The molecular weight excluding hydrogens is 162 g/mol. The van der Waals surface area contributed by atoms with E-state index in [0.717, 1.165) is 5.56 Å². The molecule has 0 aliphatic heterocycles. The van der Waals surface area contributed by atoms with Gasteiger partial charge in [0.2, 0.25) is 0 Å². The molecule has 0 unspecified atom stereocenters. The summed E-state index contributed by atoms with van der Waals surface area (Å²) in [6, 6.07) is 9.35. The second-order valence-corrected chi connectivity index (χ2v) is 2.97. The lowest BCUT2D eigenvalue weighted by molar-refractivity contribution is 0.200. The Balaban J connectivity index is 2.56. The summed E-state index contributed by atoms with van der Waals surface area (Å²) in [5, 5.41) is 9.23. The monoisotopic (exact) mass is 175 g/mol. The van der Waals surface area contributed by atoms with Gasteiger partial charge in [-0.3, -0.25) is 0 Å². The fraction of sp³-hybridized carbons (Fsp3) is 0.273. The van der Waals surface area contributed by atoms with E-state index >= 15 is 0 Å². The molecule has 1 aromatic carbocycles. The van der Waals surface area contributed by atoms with Crippen LogP contribution in [0.1, 0.15) is 5.56 Å². The van der Waals surface area contributed by atoms with E-state index in [1.54, 1.807) is 0 Å². The Morgan fingerprint density at radius 3 is 2.54 bits per heavy atom. The number of benzene rings is 1. The summed E-state index contributed by atoms with van der Waals surface area (Å²) in [6.45, 7) is 0. The molecule has 0 amide bonds. The number of rotatable bonds is 3. The zero-order chi connectivity index (χ0) is 9.68. The Bertz CT molecular complexity index is 289. The van der Waals surface area contributed by atoms with E-state index in [1.165, 1.54) is 0 Å². The van der Waals surface area contributed by atoms with Crippen molar-refractivity contribution in [1.82, 2.24) is 0 Å². The normalized spacial score (nSPS) is 14.5. The third-order valence-corrected chi connectivity index (χ3v) is 1.89. The van der Waals surface area contributed by atoms with Gasteiger partial charge in [0.05, 0.1) is 0 Å². The Labute approximate surface area is 78.4 Å². The van der Waals surface area contributed by atoms with Gasteiger partial charge in [0, 0.05) is 6.04 Å². The lowest BCUT2D eigenvalue weighted by atomic mass is 10.0. The minimum atomic E-state index is -0.861. The van der Waals surface area contributed by atoms with Gasteiger partial charge in [0.1, 0.15) is 6.10 Å². The van der Waals surface area contributed by atoms with E-state index in [9.17, 15) is 5.11 Å². The summed E-state index contributed by atoms with van der Waals surface area (Å²) in [4.78, 5) is 0. The van der Waals surface area contributed by atoms with Crippen molar-refractivity contribution in [3.63, 3.8) is 0 Å². The van der Waals surface area contributed by atoms with Crippen molar-refractivity contribution in [3.05, 3.63) is 35.9 Å². The van der Waals surface area contributed by atoms with Crippen molar-refractivity contribution in [2.45, 2.75) is 18.6 Å². The van der Waals surface area contributed by atoms with Crippen molar-refractivity contribution in [1.29, 1.82) is 0 Å². The van der Waals surface area contributed by atoms with E-state index in [4.69, 9.17) is 12.2 Å². The van der Waals surface area contributed by atoms with E-state index in [1.807, 2.05) is 30.3 Å². The molecule has 2 heteroatoms. The maximum atomic E-state index is 9.23. The van der Waals surface area contributed by atoms with Gasteiger partial charge in [-0.2, -0.15) is 0 Å². The first-order valence-corrected chi connectivity index (χ1v) is 4.17. The SMILES string of the molecule is C#C[C@H](O)[C@@H](N)Cc1ccccc1. The lowest BCUT2D eigenvalue weighted by Crippen LogP contribution is -2.35. The van der Waals surface area contributed by atoms with E-state index < -0.39 is 6.10 Å². The van der Waals surface area contributed by atoms with Crippen LogP contribution < -0.4 is 5.73 Å². The van der Waals surface area contributed by atoms with Crippen molar-refractivity contribution in [2.24, 2.45) is 5.73 Å². The van der Waals surface area contributed by atoms with Gasteiger partial charge in [0.15, 0.2) is 0 Å². The lowest BCUT2D eigenvalue weighted by Gasteiger charge is -2.13. The molecule has 0 fully saturated rings. The summed E-state index contributed by atoms with van der Waals surface area (Å²) in [6.07, 6.45) is 4.79. The number of terminal acetylenes is 1. The van der Waals surface area contributed by atoms with Crippen LogP contribution in [-0.2, 0) is 6.42 Å². The molecule has 0 aliphatic carbocycles. The quantitative estimate of drug-likeness (QED) is 0.659. The highest BCUT2D eigenvalue weighted by atomic mass is 16.3. The van der Waals surface area contributed by atoms with Crippen LogP contribution in [0.5, 0.6) is 0 Å². The van der Waals surface area contributed by atoms with Crippen LogP contribution in [0.25, 0.3) is 0 Å². The molecule has 0 radical (unpaired) electrons. The number of hydrogen-bond acceptors (Lipinski definition) is 2. The highest BCUT2D eigenvalue weighted by Crippen LogP contribution is 2.03. The highest BCUT2D eigenvalue weighted by Gasteiger charge is 2.11. The largest absolute Gasteiger partial charge is 0.379 e. The van der Waals surface area contributed by atoms with Gasteiger partial charge in [-0.05, 0) is 12.0 Å². The van der Waals surface area contributed by atoms with Crippen LogP contribution >= 0.6 is 0 Å². The predicted octanol–water partition coefficient (Wildman–Crippen LogP) is 0.550. The Kier molecular flexibility index (Phi) is 3.51. The van der Waals surface area contributed by atoms with Gasteiger partial charge in [-0.15, -0.1) is 6.42 Å². The van der Waals surface area contributed by atoms with Crippen LogP contribution in [0.4, 0.5) is 0 Å². The molecule has 2 atom stereocenters. The molecule has 1 rings (SSSR count). The maximum Gasteiger partial charge on any atom is 0.129 e. The topological polar surface area (TPSA) is 46.2 Å². The van der Waals surface area contributed by atoms with Crippen LogP contribution in [0.3, 0.4) is 0 Å². The minimum Gasteiger partial charge on any atom is -0.379 e. The molecule has 0 saturated heterocycles. The van der Waals surface area contributed by atoms with Crippen molar-refractivity contribution in [3.8, 4) is 12.3 Å². The molecule has 13 heavy (non-hydrogen) atoms.